The van der Waals surface area contributed by atoms with Gasteiger partial charge in [0.2, 0.25) is 0 Å². The van der Waals surface area contributed by atoms with Crippen molar-refractivity contribution in [2.24, 2.45) is 11.8 Å². The van der Waals surface area contributed by atoms with Gasteiger partial charge in [0.1, 0.15) is 5.82 Å². The maximum absolute atomic E-state index is 15.2. The zero-order chi connectivity index (χ0) is 25.5. The smallest absolute Gasteiger partial charge is 0.387 e. The summed E-state index contributed by atoms with van der Waals surface area (Å²) in [6, 6.07) is 13.6. The first-order chi connectivity index (χ1) is 17.4. The standard InChI is InChI=1S/C31H34F4O/c1-2-3-4-21-5-7-22(8-6-21)9-10-23-12-17-27-26(19-23)16-15-25(30(27)33)14-11-24-13-18-29(28(32)20-24)36-31(34)35/h2,12-13,15-22,31H,1,3-11,14H2. The number of alkyl halides is 2. The molecule has 5 heteroatoms. The van der Waals surface area contributed by atoms with Crippen LogP contribution in [0.3, 0.4) is 0 Å². The fraction of sp³-hybridized carbons (Fsp3) is 0.419. The van der Waals surface area contributed by atoms with Crippen molar-refractivity contribution >= 4 is 10.8 Å². The van der Waals surface area contributed by atoms with E-state index in [1.54, 1.807) is 6.07 Å². The number of rotatable bonds is 11. The van der Waals surface area contributed by atoms with E-state index in [4.69, 9.17) is 0 Å². The molecule has 1 aliphatic carbocycles. The highest BCUT2D eigenvalue weighted by Crippen LogP contribution is 2.34. The summed E-state index contributed by atoms with van der Waals surface area (Å²) in [4.78, 5) is 0. The van der Waals surface area contributed by atoms with Crippen LogP contribution in [0.5, 0.6) is 5.75 Å². The zero-order valence-corrected chi connectivity index (χ0v) is 20.6. The van der Waals surface area contributed by atoms with Crippen molar-refractivity contribution in [3.63, 3.8) is 0 Å². The first kappa shape index (κ1) is 26.2. The van der Waals surface area contributed by atoms with Gasteiger partial charge in [-0.3, -0.25) is 0 Å². The predicted octanol–water partition coefficient (Wildman–Crippen LogP) is 9.21. The molecule has 0 atom stereocenters. The second-order valence-corrected chi connectivity index (χ2v) is 10.0. The van der Waals surface area contributed by atoms with Crippen LogP contribution in [0.25, 0.3) is 10.8 Å². The lowest BCUT2D eigenvalue weighted by Gasteiger charge is -2.28. The molecule has 4 rings (SSSR count). The average Bonchev–Trinajstić information content (AvgIpc) is 2.87. The molecule has 36 heavy (non-hydrogen) atoms. The summed E-state index contributed by atoms with van der Waals surface area (Å²) in [7, 11) is 0. The largest absolute Gasteiger partial charge is 0.432 e. The fourth-order valence-electron chi connectivity index (χ4n) is 5.44. The van der Waals surface area contributed by atoms with Crippen LogP contribution in [0.15, 0.2) is 61.2 Å². The van der Waals surface area contributed by atoms with E-state index >= 15 is 4.39 Å². The fourth-order valence-corrected chi connectivity index (χ4v) is 5.44. The number of allylic oxidation sites excluding steroid dienone is 1. The summed E-state index contributed by atoms with van der Waals surface area (Å²) >= 11 is 0. The van der Waals surface area contributed by atoms with Gasteiger partial charge in [0.25, 0.3) is 0 Å². The minimum atomic E-state index is -3.08. The summed E-state index contributed by atoms with van der Waals surface area (Å²) in [5.41, 5.74) is 2.39. The number of halogens is 4. The third-order valence-corrected chi connectivity index (χ3v) is 7.58. The number of fused-ring (bicyclic) bond motifs is 1. The minimum absolute atomic E-state index is 0.255. The molecule has 0 radical (unpaired) electrons. The van der Waals surface area contributed by atoms with Crippen LogP contribution in [-0.4, -0.2) is 6.61 Å². The SMILES string of the molecule is C=CCCC1CCC(CCc2ccc3c(F)c(CCc4ccc(OC(F)F)c(F)c4)ccc3c2)CC1. The van der Waals surface area contributed by atoms with Crippen molar-refractivity contribution in [3.8, 4) is 5.75 Å². The molecule has 1 saturated carbocycles. The molecule has 3 aromatic carbocycles. The zero-order valence-electron chi connectivity index (χ0n) is 20.6. The number of aryl methyl sites for hydroxylation is 3. The summed E-state index contributed by atoms with van der Waals surface area (Å²) in [5.74, 6) is 0.0447. The van der Waals surface area contributed by atoms with Gasteiger partial charge in [-0.15, -0.1) is 6.58 Å². The molecule has 0 unspecified atom stereocenters. The average molecular weight is 499 g/mol. The second kappa shape index (κ2) is 12.4. The van der Waals surface area contributed by atoms with E-state index in [2.05, 4.69) is 17.4 Å². The Morgan fingerprint density at radius 3 is 2.22 bits per heavy atom. The van der Waals surface area contributed by atoms with Gasteiger partial charge in [-0.1, -0.05) is 68.2 Å². The molecule has 0 aromatic heterocycles. The Morgan fingerprint density at radius 2 is 1.53 bits per heavy atom. The predicted molar refractivity (Wildman–Crippen MR) is 138 cm³/mol. The summed E-state index contributed by atoms with van der Waals surface area (Å²) < 4.78 is 57.9. The molecule has 1 aliphatic rings. The topological polar surface area (TPSA) is 9.23 Å². The Hall–Kier alpha value is -2.82. The monoisotopic (exact) mass is 498 g/mol. The quantitative estimate of drug-likeness (QED) is 0.189. The third kappa shape index (κ3) is 6.89. The van der Waals surface area contributed by atoms with Gasteiger partial charge in [0.05, 0.1) is 0 Å². The number of hydrogen-bond acceptors (Lipinski definition) is 1. The van der Waals surface area contributed by atoms with E-state index < -0.39 is 18.2 Å². The maximum Gasteiger partial charge on any atom is 0.387 e. The van der Waals surface area contributed by atoms with Crippen molar-refractivity contribution in [1.82, 2.24) is 0 Å². The van der Waals surface area contributed by atoms with E-state index in [0.717, 1.165) is 36.1 Å². The normalized spacial score (nSPS) is 18.0. The molecule has 0 spiro atoms. The molecule has 0 aliphatic heterocycles. The molecule has 0 N–H and O–H groups in total. The van der Waals surface area contributed by atoms with Crippen molar-refractivity contribution < 1.29 is 22.3 Å². The Balaban J connectivity index is 1.33. The van der Waals surface area contributed by atoms with Crippen molar-refractivity contribution in [3.05, 3.63) is 89.5 Å². The Morgan fingerprint density at radius 1 is 0.833 bits per heavy atom. The number of hydrogen-bond donors (Lipinski definition) is 0. The Labute approximate surface area is 211 Å². The van der Waals surface area contributed by atoms with E-state index in [1.807, 2.05) is 24.3 Å². The van der Waals surface area contributed by atoms with Gasteiger partial charge in [-0.2, -0.15) is 8.78 Å². The summed E-state index contributed by atoms with van der Waals surface area (Å²) in [6.45, 7) is 0.751. The van der Waals surface area contributed by atoms with Crippen molar-refractivity contribution in [2.75, 3.05) is 0 Å². The van der Waals surface area contributed by atoms with Crippen molar-refractivity contribution in [2.45, 2.75) is 70.8 Å². The Kier molecular flexibility index (Phi) is 9.06. The van der Waals surface area contributed by atoms with Gasteiger partial charge >= 0.3 is 6.61 Å². The number of ether oxygens (including phenoxy) is 1. The van der Waals surface area contributed by atoms with E-state index in [0.29, 0.717) is 29.4 Å². The first-order valence-corrected chi connectivity index (χ1v) is 13.0. The van der Waals surface area contributed by atoms with Gasteiger partial charge in [0, 0.05) is 5.39 Å². The van der Waals surface area contributed by atoms with Crippen LogP contribution in [0.4, 0.5) is 17.6 Å². The molecule has 0 bridgehead atoms. The molecule has 0 saturated heterocycles. The lowest BCUT2D eigenvalue weighted by molar-refractivity contribution is -0.0522. The molecule has 192 valence electrons. The van der Waals surface area contributed by atoms with Gasteiger partial charge in [0.15, 0.2) is 11.6 Å². The van der Waals surface area contributed by atoms with Crippen LogP contribution < -0.4 is 4.74 Å². The Bertz CT molecular complexity index is 1160. The third-order valence-electron chi connectivity index (χ3n) is 7.58. The minimum Gasteiger partial charge on any atom is -0.432 e. The maximum atomic E-state index is 15.2. The van der Waals surface area contributed by atoms with E-state index in [9.17, 15) is 13.2 Å². The first-order valence-electron chi connectivity index (χ1n) is 13.0. The highest BCUT2D eigenvalue weighted by Gasteiger charge is 2.20. The molecule has 1 fully saturated rings. The van der Waals surface area contributed by atoms with Crippen LogP contribution in [-0.2, 0) is 19.3 Å². The highest BCUT2D eigenvalue weighted by molar-refractivity contribution is 5.84. The molecule has 1 nitrogen and oxygen atoms in total. The molecule has 0 amide bonds. The highest BCUT2D eigenvalue weighted by atomic mass is 19.3. The van der Waals surface area contributed by atoms with Crippen LogP contribution >= 0.6 is 0 Å². The summed E-state index contributed by atoms with van der Waals surface area (Å²) in [6.07, 6.45) is 12.6. The lowest BCUT2D eigenvalue weighted by atomic mass is 9.78. The lowest BCUT2D eigenvalue weighted by Crippen LogP contribution is -2.15. The molecular weight excluding hydrogens is 464 g/mol. The van der Waals surface area contributed by atoms with Crippen LogP contribution in [0.1, 0.15) is 61.6 Å². The van der Waals surface area contributed by atoms with Crippen molar-refractivity contribution in [1.29, 1.82) is 0 Å². The number of benzene rings is 3. The van der Waals surface area contributed by atoms with Crippen LogP contribution in [0.2, 0.25) is 0 Å². The van der Waals surface area contributed by atoms with Crippen LogP contribution in [0, 0.1) is 23.5 Å². The van der Waals surface area contributed by atoms with Gasteiger partial charge in [-0.05, 0) is 84.6 Å². The van der Waals surface area contributed by atoms with Gasteiger partial charge < -0.3 is 4.74 Å². The van der Waals surface area contributed by atoms with Gasteiger partial charge in [-0.25, -0.2) is 8.78 Å². The van der Waals surface area contributed by atoms with E-state index in [1.165, 1.54) is 56.2 Å². The second-order valence-electron chi connectivity index (χ2n) is 10.0. The molecule has 0 heterocycles. The molecular formula is C31H34F4O. The summed E-state index contributed by atoms with van der Waals surface area (Å²) in [5, 5.41) is 1.48. The molecule has 3 aromatic rings. The van der Waals surface area contributed by atoms with E-state index in [-0.39, 0.29) is 5.82 Å².